The highest BCUT2D eigenvalue weighted by molar-refractivity contribution is 5.72. The summed E-state index contributed by atoms with van der Waals surface area (Å²) in [5.41, 5.74) is -0.700. The molecule has 0 aromatic heterocycles. The van der Waals surface area contributed by atoms with E-state index in [1.807, 2.05) is 19.1 Å². The molecule has 0 atom stereocenters. The van der Waals surface area contributed by atoms with E-state index in [0.29, 0.717) is 0 Å². The second-order valence-electron chi connectivity index (χ2n) is 3.92. The SMILES string of the molecule is C=C/C=C\C.C=C/C=C\C(C)(C)O.CC(C)=O. The number of allylic oxidation sites excluding steroid dienone is 5. The third-order valence-electron chi connectivity index (χ3n) is 0.969. The first-order valence-electron chi connectivity index (χ1n) is 5.44. The van der Waals surface area contributed by atoms with Gasteiger partial charge in [0.2, 0.25) is 0 Å². The average molecular weight is 238 g/mol. The van der Waals surface area contributed by atoms with Gasteiger partial charge in [-0.15, -0.1) is 0 Å². The first-order chi connectivity index (χ1) is 7.71. The van der Waals surface area contributed by atoms with Crippen molar-refractivity contribution in [2.24, 2.45) is 0 Å². The predicted octanol–water partition coefficient (Wildman–Crippen LogP) is 3.84. The standard InChI is InChI=1S/C7H12O.C5H8.C3H6O/c1-4-5-6-7(2,3)8;1-3-5-4-2;1-3(2)4/h4-6,8H,1H2,2-3H3;3-5H,1H2,2H3;1-2H3/b6-5-;5-4-;. The summed E-state index contributed by atoms with van der Waals surface area (Å²) in [6.45, 7) is 15.4. The minimum atomic E-state index is -0.700. The fourth-order valence-electron chi connectivity index (χ4n) is 0.440. The van der Waals surface area contributed by atoms with Crippen molar-refractivity contribution in [2.75, 3.05) is 0 Å². The van der Waals surface area contributed by atoms with Crippen LogP contribution in [0.4, 0.5) is 0 Å². The summed E-state index contributed by atoms with van der Waals surface area (Å²) in [6, 6.07) is 0. The van der Waals surface area contributed by atoms with Crippen LogP contribution in [0.1, 0.15) is 34.6 Å². The zero-order valence-electron chi connectivity index (χ0n) is 11.7. The molecule has 0 amide bonds. The van der Waals surface area contributed by atoms with E-state index in [-0.39, 0.29) is 5.78 Å². The van der Waals surface area contributed by atoms with Crippen LogP contribution in [0, 0.1) is 0 Å². The van der Waals surface area contributed by atoms with Gasteiger partial charge in [-0.05, 0) is 34.6 Å². The molecular formula is C15H26O2. The maximum Gasteiger partial charge on any atom is 0.126 e. The Morgan fingerprint density at radius 3 is 1.53 bits per heavy atom. The van der Waals surface area contributed by atoms with E-state index in [2.05, 4.69) is 13.2 Å². The third-order valence-corrected chi connectivity index (χ3v) is 0.969. The van der Waals surface area contributed by atoms with Crippen LogP contribution in [0.25, 0.3) is 0 Å². The minimum Gasteiger partial charge on any atom is -0.386 e. The van der Waals surface area contributed by atoms with Crippen molar-refractivity contribution in [1.82, 2.24) is 0 Å². The second kappa shape index (κ2) is 14.6. The molecule has 0 aromatic carbocycles. The fourth-order valence-corrected chi connectivity index (χ4v) is 0.440. The number of hydrogen-bond donors (Lipinski definition) is 1. The number of Topliss-reactive ketones (excluding diaryl/α,β-unsaturated/α-hetero) is 1. The van der Waals surface area contributed by atoms with Crippen LogP contribution in [-0.4, -0.2) is 16.5 Å². The van der Waals surface area contributed by atoms with Crippen LogP contribution in [0.3, 0.4) is 0 Å². The molecule has 2 heteroatoms. The van der Waals surface area contributed by atoms with Crippen LogP contribution < -0.4 is 0 Å². The Morgan fingerprint density at radius 2 is 1.47 bits per heavy atom. The van der Waals surface area contributed by atoms with E-state index in [9.17, 15) is 4.79 Å². The first kappa shape index (κ1) is 20.9. The van der Waals surface area contributed by atoms with Gasteiger partial charge in [0.05, 0.1) is 5.60 Å². The Balaban J connectivity index is -0.000000188. The van der Waals surface area contributed by atoms with Gasteiger partial charge in [0.15, 0.2) is 0 Å². The molecule has 0 aliphatic carbocycles. The first-order valence-corrected chi connectivity index (χ1v) is 5.44. The highest BCUT2D eigenvalue weighted by atomic mass is 16.3. The zero-order chi connectivity index (χ0) is 14.3. The summed E-state index contributed by atoms with van der Waals surface area (Å²) in [5.74, 6) is 0.167. The highest BCUT2D eigenvalue weighted by Crippen LogP contribution is 2.01. The Morgan fingerprint density at radius 1 is 1.12 bits per heavy atom. The van der Waals surface area contributed by atoms with Gasteiger partial charge in [-0.2, -0.15) is 0 Å². The van der Waals surface area contributed by atoms with Crippen LogP contribution in [-0.2, 0) is 4.79 Å². The molecule has 0 spiro atoms. The van der Waals surface area contributed by atoms with Gasteiger partial charge in [0, 0.05) is 0 Å². The van der Waals surface area contributed by atoms with Crippen molar-refractivity contribution in [3.8, 4) is 0 Å². The molecular weight excluding hydrogens is 212 g/mol. The van der Waals surface area contributed by atoms with Crippen molar-refractivity contribution < 1.29 is 9.90 Å². The molecule has 0 bridgehead atoms. The van der Waals surface area contributed by atoms with E-state index in [1.54, 1.807) is 38.2 Å². The molecule has 0 rings (SSSR count). The van der Waals surface area contributed by atoms with E-state index in [0.717, 1.165) is 0 Å². The maximum atomic E-state index is 9.44. The van der Waals surface area contributed by atoms with Crippen molar-refractivity contribution in [3.05, 3.63) is 49.6 Å². The summed E-state index contributed by atoms with van der Waals surface area (Å²) in [5, 5.41) is 9.01. The molecule has 0 heterocycles. The summed E-state index contributed by atoms with van der Waals surface area (Å²) < 4.78 is 0. The largest absolute Gasteiger partial charge is 0.386 e. The van der Waals surface area contributed by atoms with E-state index < -0.39 is 5.60 Å². The Kier molecular flexibility index (Phi) is 18.0. The van der Waals surface area contributed by atoms with Gasteiger partial charge in [-0.25, -0.2) is 0 Å². The van der Waals surface area contributed by atoms with E-state index in [4.69, 9.17) is 5.11 Å². The molecule has 0 saturated heterocycles. The summed E-state index contributed by atoms with van der Waals surface area (Å²) in [4.78, 5) is 9.44. The topological polar surface area (TPSA) is 37.3 Å². The van der Waals surface area contributed by atoms with Crippen LogP contribution >= 0.6 is 0 Å². The summed E-state index contributed by atoms with van der Waals surface area (Å²) >= 11 is 0. The van der Waals surface area contributed by atoms with Crippen molar-refractivity contribution in [2.45, 2.75) is 40.2 Å². The van der Waals surface area contributed by atoms with Gasteiger partial charge in [-0.3, -0.25) is 0 Å². The molecule has 0 fully saturated rings. The molecule has 0 unspecified atom stereocenters. The normalized spacial score (nSPS) is 10.0. The molecule has 0 aliphatic rings. The van der Waals surface area contributed by atoms with Gasteiger partial charge >= 0.3 is 0 Å². The zero-order valence-corrected chi connectivity index (χ0v) is 11.7. The molecule has 0 aliphatic heterocycles. The fraction of sp³-hybridized carbons (Fsp3) is 0.400. The monoisotopic (exact) mass is 238 g/mol. The molecule has 0 aromatic rings. The van der Waals surface area contributed by atoms with Crippen LogP contribution in [0.2, 0.25) is 0 Å². The molecule has 0 saturated carbocycles. The number of carbonyl (C=O) groups is 1. The molecule has 1 N–H and O–H groups in total. The van der Waals surface area contributed by atoms with Crippen molar-refractivity contribution >= 4 is 5.78 Å². The van der Waals surface area contributed by atoms with E-state index >= 15 is 0 Å². The lowest BCUT2D eigenvalue weighted by molar-refractivity contribution is -0.114. The Hall–Kier alpha value is -1.41. The number of carbonyl (C=O) groups excluding carboxylic acids is 1. The molecule has 0 radical (unpaired) electrons. The Bertz CT molecular complexity index is 249. The van der Waals surface area contributed by atoms with Crippen molar-refractivity contribution in [1.29, 1.82) is 0 Å². The van der Waals surface area contributed by atoms with E-state index in [1.165, 1.54) is 13.8 Å². The molecule has 17 heavy (non-hydrogen) atoms. The molecule has 98 valence electrons. The quantitative estimate of drug-likeness (QED) is 0.758. The minimum absolute atomic E-state index is 0.167. The number of aliphatic hydroxyl groups is 1. The lowest BCUT2D eigenvalue weighted by Gasteiger charge is -2.08. The lowest BCUT2D eigenvalue weighted by atomic mass is 10.1. The van der Waals surface area contributed by atoms with Gasteiger partial charge in [0.25, 0.3) is 0 Å². The summed E-state index contributed by atoms with van der Waals surface area (Å²) in [6.07, 6.45) is 10.6. The Labute approximate surface area is 106 Å². The smallest absolute Gasteiger partial charge is 0.126 e. The van der Waals surface area contributed by atoms with Gasteiger partial charge < -0.3 is 9.90 Å². The van der Waals surface area contributed by atoms with Gasteiger partial charge in [-0.1, -0.05) is 49.6 Å². The van der Waals surface area contributed by atoms with Crippen molar-refractivity contribution in [3.63, 3.8) is 0 Å². The number of ketones is 1. The molecule has 2 nitrogen and oxygen atoms in total. The summed E-state index contributed by atoms with van der Waals surface area (Å²) in [7, 11) is 0. The predicted molar refractivity (Wildman–Crippen MR) is 77.0 cm³/mol. The van der Waals surface area contributed by atoms with Gasteiger partial charge in [0.1, 0.15) is 5.78 Å². The highest BCUT2D eigenvalue weighted by Gasteiger charge is 2.03. The third kappa shape index (κ3) is 74.0. The number of hydrogen-bond acceptors (Lipinski definition) is 2. The van der Waals surface area contributed by atoms with Crippen LogP contribution in [0.15, 0.2) is 49.6 Å². The maximum absolute atomic E-state index is 9.44. The second-order valence-corrected chi connectivity index (χ2v) is 3.92. The van der Waals surface area contributed by atoms with Crippen LogP contribution in [0.5, 0.6) is 0 Å². The average Bonchev–Trinajstić information content (AvgIpc) is 2.15. The lowest BCUT2D eigenvalue weighted by Crippen LogP contribution is -2.13. The number of rotatable bonds is 3.